The summed E-state index contributed by atoms with van der Waals surface area (Å²) in [5.74, 6) is 0.554. The number of aryl methyl sites for hydroxylation is 1. The van der Waals surface area contributed by atoms with Gasteiger partial charge in [0.2, 0.25) is 0 Å². The van der Waals surface area contributed by atoms with Crippen LogP contribution in [0.3, 0.4) is 0 Å². The van der Waals surface area contributed by atoms with Crippen molar-refractivity contribution in [2.45, 2.75) is 37.7 Å². The van der Waals surface area contributed by atoms with Gasteiger partial charge in [-0.1, -0.05) is 0 Å². The molecule has 27 heavy (non-hydrogen) atoms. The van der Waals surface area contributed by atoms with E-state index in [0.717, 1.165) is 56.0 Å². The third-order valence-corrected chi connectivity index (χ3v) is 5.81. The van der Waals surface area contributed by atoms with E-state index in [-0.39, 0.29) is 0 Å². The zero-order chi connectivity index (χ0) is 18.7. The fraction of sp³-hybridized carbons (Fsp3) is 0.650. The molecule has 0 unspecified atom stereocenters. The Bertz CT molecular complexity index is 756. The Hall–Kier alpha value is -1.83. The lowest BCUT2D eigenvalue weighted by Crippen LogP contribution is -2.49. The summed E-state index contributed by atoms with van der Waals surface area (Å²) >= 11 is 0. The standard InChI is InChI=1S/C20H29N5O2/c1-24-15-22-12-19(24)18-11-21-10-17(23-18)9-16-3-2-6-25(13-16)14-20(26)4-7-27-8-5-20/h10-12,15-16,26H,2-9,13-14H2,1H3/t16-/m1/s1. The van der Waals surface area contributed by atoms with Gasteiger partial charge in [0.25, 0.3) is 0 Å². The topological polar surface area (TPSA) is 76.3 Å². The number of likely N-dealkylation sites (tertiary alicyclic amines) is 1. The first kappa shape index (κ1) is 18.5. The first-order chi connectivity index (χ1) is 13.1. The van der Waals surface area contributed by atoms with E-state index in [4.69, 9.17) is 9.72 Å². The summed E-state index contributed by atoms with van der Waals surface area (Å²) in [6.45, 7) is 4.18. The summed E-state index contributed by atoms with van der Waals surface area (Å²) in [7, 11) is 1.97. The van der Waals surface area contributed by atoms with Crippen LogP contribution < -0.4 is 0 Å². The largest absolute Gasteiger partial charge is 0.388 e. The zero-order valence-corrected chi connectivity index (χ0v) is 16.0. The SMILES string of the molecule is Cn1cncc1-c1cncc(C[C@H]2CCCN(CC3(O)CCOCC3)C2)n1. The van der Waals surface area contributed by atoms with Gasteiger partial charge >= 0.3 is 0 Å². The predicted octanol–water partition coefficient (Wildman–Crippen LogP) is 1.67. The Labute approximate surface area is 160 Å². The minimum atomic E-state index is -0.584. The van der Waals surface area contributed by atoms with Crippen LogP contribution in [0, 0.1) is 5.92 Å². The molecule has 4 heterocycles. The summed E-state index contributed by atoms with van der Waals surface area (Å²) < 4.78 is 7.37. The molecule has 0 amide bonds. The fourth-order valence-electron chi connectivity index (χ4n) is 4.32. The molecule has 0 bridgehead atoms. The quantitative estimate of drug-likeness (QED) is 0.862. The van der Waals surface area contributed by atoms with Gasteiger partial charge in [0.15, 0.2) is 0 Å². The van der Waals surface area contributed by atoms with Crippen molar-refractivity contribution in [3.05, 3.63) is 30.6 Å². The molecule has 1 atom stereocenters. The third kappa shape index (κ3) is 4.54. The molecule has 2 aromatic rings. The number of imidazole rings is 1. The van der Waals surface area contributed by atoms with Gasteiger partial charge in [0, 0.05) is 52.4 Å². The summed E-state index contributed by atoms with van der Waals surface area (Å²) in [5, 5.41) is 10.8. The smallest absolute Gasteiger partial charge is 0.107 e. The highest BCUT2D eigenvalue weighted by atomic mass is 16.5. The second kappa shape index (κ2) is 8.04. The lowest BCUT2D eigenvalue weighted by atomic mass is 9.89. The summed E-state index contributed by atoms with van der Waals surface area (Å²) in [5.41, 5.74) is 2.30. The van der Waals surface area contributed by atoms with Crippen LogP contribution in [0.15, 0.2) is 24.9 Å². The van der Waals surface area contributed by atoms with Gasteiger partial charge in [-0.15, -0.1) is 0 Å². The maximum absolute atomic E-state index is 10.8. The van der Waals surface area contributed by atoms with Gasteiger partial charge in [-0.25, -0.2) is 9.97 Å². The first-order valence-electron chi connectivity index (χ1n) is 9.91. The second-order valence-corrected chi connectivity index (χ2v) is 8.07. The molecule has 1 N–H and O–H groups in total. The lowest BCUT2D eigenvalue weighted by molar-refractivity contribution is -0.0838. The van der Waals surface area contributed by atoms with Gasteiger partial charge in [0.05, 0.1) is 35.7 Å². The molecule has 2 fully saturated rings. The summed E-state index contributed by atoms with van der Waals surface area (Å²) in [4.78, 5) is 15.8. The first-order valence-corrected chi connectivity index (χ1v) is 9.91. The van der Waals surface area contributed by atoms with Gasteiger partial charge in [-0.2, -0.15) is 0 Å². The number of hydrogen-bond donors (Lipinski definition) is 1. The summed E-state index contributed by atoms with van der Waals surface area (Å²) in [6, 6.07) is 0. The molecule has 2 aliphatic heterocycles. The van der Waals surface area contributed by atoms with Crippen LogP contribution in [-0.4, -0.2) is 68.0 Å². The Morgan fingerprint density at radius 1 is 1.22 bits per heavy atom. The molecule has 7 heteroatoms. The molecule has 4 rings (SSSR count). The van der Waals surface area contributed by atoms with E-state index in [1.165, 1.54) is 12.8 Å². The maximum atomic E-state index is 10.8. The van der Waals surface area contributed by atoms with Crippen molar-refractivity contribution in [3.63, 3.8) is 0 Å². The molecule has 7 nitrogen and oxygen atoms in total. The van der Waals surface area contributed by atoms with E-state index in [1.807, 2.05) is 24.0 Å². The van der Waals surface area contributed by atoms with Crippen molar-refractivity contribution in [3.8, 4) is 11.4 Å². The Morgan fingerprint density at radius 3 is 2.85 bits per heavy atom. The van der Waals surface area contributed by atoms with Crippen LogP contribution in [0.4, 0.5) is 0 Å². The van der Waals surface area contributed by atoms with Gasteiger partial charge < -0.3 is 19.3 Å². The van der Waals surface area contributed by atoms with Crippen molar-refractivity contribution in [1.29, 1.82) is 0 Å². The van der Waals surface area contributed by atoms with E-state index < -0.39 is 5.60 Å². The van der Waals surface area contributed by atoms with Crippen molar-refractivity contribution in [1.82, 2.24) is 24.4 Å². The average Bonchev–Trinajstić information content (AvgIpc) is 3.08. The molecule has 0 radical (unpaired) electrons. The van der Waals surface area contributed by atoms with Gasteiger partial charge in [-0.05, 0) is 31.7 Å². The molecular formula is C20H29N5O2. The van der Waals surface area contributed by atoms with E-state index >= 15 is 0 Å². The monoisotopic (exact) mass is 371 g/mol. The number of aromatic nitrogens is 4. The zero-order valence-electron chi connectivity index (χ0n) is 16.0. The molecule has 2 saturated heterocycles. The molecular weight excluding hydrogens is 342 g/mol. The van der Waals surface area contributed by atoms with E-state index in [0.29, 0.717) is 19.1 Å². The van der Waals surface area contributed by atoms with Crippen LogP contribution in [-0.2, 0) is 18.2 Å². The third-order valence-electron chi connectivity index (χ3n) is 5.81. The molecule has 0 saturated carbocycles. The number of nitrogens with zero attached hydrogens (tertiary/aromatic N) is 5. The minimum Gasteiger partial charge on any atom is -0.388 e. The van der Waals surface area contributed by atoms with Gasteiger partial charge in [0.1, 0.15) is 5.69 Å². The maximum Gasteiger partial charge on any atom is 0.107 e. The summed E-state index contributed by atoms with van der Waals surface area (Å²) in [6.07, 6.45) is 12.1. The van der Waals surface area contributed by atoms with Crippen molar-refractivity contribution >= 4 is 0 Å². The number of hydrogen-bond acceptors (Lipinski definition) is 6. The number of ether oxygens (including phenoxy) is 1. The Kier molecular flexibility index (Phi) is 5.52. The molecule has 2 aromatic heterocycles. The number of rotatable bonds is 5. The number of aliphatic hydroxyl groups is 1. The van der Waals surface area contributed by atoms with Crippen LogP contribution in [0.2, 0.25) is 0 Å². The highest BCUT2D eigenvalue weighted by molar-refractivity contribution is 5.52. The van der Waals surface area contributed by atoms with Crippen molar-refractivity contribution in [2.24, 2.45) is 13.0 Å². The Balaban J connectivity index is 1.39. The van der Waals surface area contributed by atoms with E-state index in [1.54, 1.807) is 12.5 Å². The molecule has 0 aromatic carbocycles. The highest BCUT2D eigenvalue weighted by Gasteiger charge is 2.33. The van der Waals surface area contributed by atoms with Crippen LogP contribution in [0.5, 0.6) is 0 Å². The van der Waals surface area contributed by atoms with Crippen molar-refractivity contribution in [2.75, 3.05) is 32.8 Å². The van der Waals surface area contributed by atoms with Crippen LogP contribution >= 0.6 is 0 Å². The molecule has 0 spiro atoms. The predicted molar refractivity (Wildman–Crippen MR) is 102 cm³/mol. The number of β-amino-alcohol motifs (C(OH)–C–C–N with tert-alkyl or cyclic N) is 1. The highest BCUT2D eigenvalue weighted by Crippen LogP contribution is 2.26. The normalized spacial score (nSPS) is 23.4. The fourth-order valence-corrected chi connectivity index (χ4v) is 4.32. The lowest BCUT2D eigenvalue weighted by Gasteiger charge is -2.40. The van der Waals surface area contributed by atoms with Crippen LogP contribution in [0.25, 0.3) is 11.4 Å². The molecule has 2 aliphatic rings. The van der Waals surface area contributed by atoms with E-state index in [2.05, 4.69) is 14.9 Å². The molecule has 146 valence electrons. The van der Waals surface area contributed by atoms with Gasteiger partial charge in [-0.3, -0.25) is 4.98 Å². The molecule has 0 aliphatic carbocycles. The van der Waals surface area contributed by atoms with Crippen LogP contribution in [0.1, 0.15) is 31.4 Å². The van der Waals surface area contributed by atoms with Crippen molar-refractivity contribution < 1.29 is 9.84 Å². The number of piperidine rings is 1. The minimum absolute atomic E-state index is 0.554. The Morgan fingerprint density at radius 2 is 2.07 bits per heavy atom. The van der Waals surface area contributed by atoms with E-state index in [9.17, 15) is 5.11 Å². The average molecular weight is 371 g/mol. The second-order valence-electron chi connectivity index (χ2n) is 8.07.